The first-order chi connectivity index (χ1) is 8.43. The molecular formula is C8H3Cl5N4O. The van der Waals surface area contributed by atoms with Gasteiger partial charge in [-0.25, -0.2) is 5.10 Å². The van der Waals surface area contributed by atoms with E-state index < -0.39 is 5.56 Å². The molecule has 0 atom stereocenters. The Balaban J connectivity index is 0.000000180. The summed E-state index contributed by atoms with van der Waals surface area (Å²) in [6.45, 7) is 0. The molecule has 0 radical (unpaired) electrons. The molecule has 2 aromatic heterocycles. The molecule has 0 aliphatic heterocycles. The molecule has 0 aromatic carbocycles. The van der Waals surface area contributed by atoms with E-state index in [1.807, 2.05) is 0 Å². The highest BCUT2D eigenvalue weighted by Gasteiger charge is 2.02. The highest BCUT2D eigenvalue weighted by atomic mass is 35.5. The van der Waals surface area contributed by atoms with Gasteiger partial charge in [-0.15, -0.1) is 5.10 Å². The molecule has 2 heterocycles. The van der Waals surface area contributed by atoms with Gasteiger partial charge in [0.05, 0.1) is 22.4 Å². The van der Waals surface area contributed by atoms with E-state index in [0.29, 0.717) is 5.02 Å². The molecule has 5 nitrogen and oxygen atoms in total. The summed E-state index contributed by atoms with van der Waals surface area (Å²) in [6, 6.07) is 0. The van der Waals surface area contributed by atoms with Crippen molar-refractivity contribution in [1.82, 2.24) is 20.4 Å². The second-order valence-electron chi connectivity index (χ2n) is 2.66. The molecule has 2 rings (SSSR count). The highest BCUT2D eigenvalue weighted by Crippen LogP contribution is 2.25. The van der Waals surface area contributed by atoms with E-state index in [1.165, 1.54) is 12.4 Å². The monoisotopic (exact) mass is 346 g/mol. The van der Waals surface area contributed by atoms with Crippen molar-refractivity contribution in [3.8, 4) is 0 Å². The van der Waals surface area contributed by atoms with Crippen LogP contribution in [0.4, 0.5) is 0 Å². The van der Waals surface area contributed by atoms with E-state index in [1.54, 1.807) is 0 Å². The number of aromatic nitrogens is 4. The standard InChI is InChI=1S/C4HCl3N2.C4H2Cl2N2O/c5-2-1-8-9-4(7)3(2)6;5-2-1-7-8-4(9)3(2)6/h1H;1H,(H,8,9). The Hall–Kier alpha value is -0.590. The summed E-state index contributed by atoms with van der Waals surface area (Å²) in [5, 5.41) is 13.2. The van der Waals surface area contributed by atoms with Crippen LogP contribution in [0.1, 0.15) is 0 Å². The Morgan fingerprint density at radius 2 is 1.56 bits per heavy atom. The van der Waals surface area contributed by atoms with Crippen LogP contribution in [0, 0.1) is 0 Å². The van der Waals surface area contributed by atoms with E-state index in [0.717, 1.165) is 0 Å². The maximum absolute atomic E-state index is 10.5. The lowest BCUT2D eigenvalue weighted by Crippen LogP contribution is -2.07. The normalized spacial score (nSPS) is 9.61. The summed E-state index contributed by atoms with van der Waals surface area (Å²) in [4.78, 5) is 10.5. The smallest absolute Gasteiger partial charge is 0.266 e. The largest absolute Gasteiger partial charge is 0.284 e. The summed E-state index contributed by atoms with van der Waals surface area (Å²) in [5.74, 6) is 0. The van der Waals surface area contributed by atoms with Crippen LogP contribution in [-0.4, -0.2) is 20.4 Å². The maximum Gasteiger partial charge on any atom is 0.284 e. The van der Waals surface area contributed by atoms with Gasteiger partial charge in [-0.3, -0.25) is 4.79 Å². The lowest BCUT2D eigenvalue weighted by atomic mass is 10.6. The van der Waals surface area contributed by atoms with Crippen LogP contribution in [0.5, 0.6) is 0 Å². The van der Waals surface area contributed by atoms with E-state index >= 15 is 0 Å². The molecule has 0 spiro atoms. The molecule has 0 aliphatic rings. The van der Waals surface area contributed by atoms with E-state index in [2.05, 4.69) is 20.4 Å². The Morgan fingerprint density at radius 3 is 2.00 bits per heavy atom. The van der Waals surface area contributed by atoms with Crippen LogP contribution in [-0.2, 0) is 0 Å². The van der Waals surface area contributed by atoms with Gasteiger partial charge >= 0.3 is 0 Å². The molecule has 18 heavy (non-hydrogen) atoms. The molecule has 0 amide bonds. The van der Waals surface area contributed by atoms with Crippen molar-refractivity contribution in [2.24, 2.45) is 0 Å². The molecule has 0 unspecified atom stereocenters. The average Bonchev–Trinajstić information content (AvgIpc) is 2.34. The lowest BCUT2D eigenvalue weighted by molar-refractivity contribution is 0.989. The van der Waals surface area contributed by atoms with Gasteiger partial charge in [0.2, 0.25) is 0 Å². The van der Waals surface area contributed by atoms with Gasteiger partial charge in [-0.05, 0) is 0 Å². The SMILES string of the molecule is Clc1cnnc(Cl)c1Cl.O=c1[nH]ncc(Cl)c1Cl. The van der Waals surface area contributed by atoms with E-state index in [-0.39, 0.29) is 20.2 Å². The molecule has 0 bridgehead atoms. The number of rotatable bonds is 0. The summed E-state index contributed by atoms with van der Waals surface area (Å²) in [5.41, 5.74) is -0.468. The first kappa shape index (κ1) is 15.5. The number of H-pyrrole nitrogens is 1. The third-order valence-electron chi connectivity index (χ3n) is 1.46. The topological polar surface area (TPSA) is 71.5 Å². The number of nitrogens with one attached hydrogen (secondary N) is 1. The summed E-state index contributed by atoms with van der Waals surface area (Å²) in [7, 11) is 0. The number of nitrogens with zero attached hydrogens (tertiary/aromatic N) is 3. The van der Waals surface area contributed by atoms with E-state index in [4.69, 9.17) is 58.0 Å². The van der Waals surface area contributed by atoms with Gasteiger partial charge in [-0.1, -0.05) is 58.0 Å². The maximum atomic E-state index is 10.5. The van der Waals surface area contributed by atoms with Gasteiger partial charge in [0.25, 0.3) is 5.56 Å². The van der Waals surface area contributed by atoms with Crippen LogP contribution < -0.4 is 5.56 Å². The Bertz CT molecular complexity index is 582. The lowest BCUT2D eigenvalue weighted by Gasteiger charge is -1.91. The second-order valence-corrected chi connectivity index (χ2v) is 4.59. The average molecular weight is 348 g/mol. The second kappa shape index (κ2) is 7.11. The molecule has 0 saturated carbocycles. The van der Waals surface area contributed by atoms with Crippen LogP contribution >= 0.6 is 58.0 Å². The zero-order chi connectivity index (χ0) is 13.7. The molecule has 0 aliphatic carbocycles. The zero-order valence-corrected chi connectivity index (χ0v) is 12.1. The van der Waals surface area contributed by atoms with Crippen molar-refractivity contribution in [1.29, 1.82) is 0 Å². The minimum atomic E-state index is -0.468. The van der Waals surface area contributed by atoms with E-state index in [9.17, 15) is 4.79 Å². The fraction of sp³-hybridized carbons (Fsp3) is 0. The Morgan fingerprint density at radius 1 is 0.944 bits per heavy atom. The predicted octanol–water partition coefficient (Wildman–Crippen LogP) is 3.51. The Labute approximate surface area is 126 Å². The molecule has 0 fully saturated rings. The van der Waals surface area contributed by atoms with Crippen molar-refractivity contribution in [2.45, 2.75) is 0 Å². The van der Waals surface area contributed by atoms with Crippen LogP contribution in [0.3, 0.4) is 0 Å². The minimum Gasteiger partial charge on any atom is -0.266 e. The first-order valence-electron chi connectivity index (χ1n) is 4.14. The number of hydrogen-bond acceptors (Lipinski definition) is 4. The van der Waals surface area contributed by atoms with Gasteiger partial charge in [0.1, 0.15) is 10.0 Å². The Kier molecular flexibility index (Phi) is 6.11. The van der Waals surface area contributed by atoms with Crippen molar-refractivity contribution >= 4 is 58.0 Å². The van der Waals surface area contributed by atoms with Crippen molar-refractivity contribution in [3.05, 3.63) is 48.0 Å². The van der Waals surface area contributed by atoms with Crippen molar-refractivity contribution < 1.29 is 0 Å². The van der Waals surface area contributed by atoms with Gasteiger partial charge in [0.15, 0.2) is 5.15 Å². The molecule has 0 saturated heterocycles. The molecule has 1 N–H and O–H groups in total. The van der Waals surface area contributed by atoms with Crippen molar-refractivity contribution in [3.63, 3.8) is 0 Å². The molecule has 2 aromatic rings. The quantitative estimate of drug-likeness (QED) is 0.791. The summed E-state index contributed by atoms with van der Waals surface area (Å²) in [6.07, 6.45) is 2.60. The molecular weight excluding hydrogens is 345 g/mol. The summed E-state index contributed by atoms with van der Waals surface area (Å²) < 4.78 is 0. The zero-order valence-electron chi connectivity index (χ0n) is 8.29. The minimum absolute atomic E-state index is 0.0216. The first-order valence-corrected chi connectivity index (χ1v) is 6.03. The van der Waals surface area contributed by atoms with Crippen LogP contribution in [0.2, 0.25) is 25.2 Å². The van der Waals surface area contributed by atoms with Gasteiger partial charge in [0, 0.05) is 0 Å². The van der Waals surface area contributed by atoms with Crippen LogP contribution in [0.15, 0.2) is 17.2 Å². The predicted molar refractivity (Wildman–Crippen MR) is 71.9 cm³/mol. The third kappa shape index (κ3) is 4.26. The number of hydrogen-bond donors (Lipinski definition) is 1. The fourth-order valence-electron chi connectivity index (χ4n) is 0.691. The van der Waals surface area contributed by atoms with Crippen molar-refractivity contribution in [2.75, 3.05) is 0 Å². The molecule has 10 heteroatoms. The molecule has 96 valence electrons. The summed E-state index contributed by atoms with van der Waals surface area (Å²) >= 11 is 27.2. The van der Waals surface area contributed by atoms with Gasteiger partial charge in [-0.2, -0.15) is 10.2 Å². The fourth-order valence-corrected chi connectivity index (χ4v) is 1.33. The third-order valence-corrected chi connectivity index (χ3v) is 3.35. The van der Waals surface area contributed by atoms with Gasteiger partial charge < -0.3 is 0 Å². The van der Waals surface area contributed by atoms with Crippen LogP contribution in [0.25, 0.3) is 0 Å². The number of aromatic amines is 1. The highest BCUT2D eigenvalue weighted by molar-refractivity contribution is 6.47. The number of halogens is 5.